The van der Waals surface area contributed by atoms with Gasteiger partial charge in [-0.15, -0.1) is 0 Å². The van der Waals surface area contributed by atoms with E-state index in [0.29, 0.717) is 17.9 Å². The van der Waals surface area contributed by atoms with E-state index >= 15 is 0 Å². The molecule has 0 amide bonds. The summed E-state index contributed by atoms with van der Waals surface area (Å²) in [5.41, 5.74) is 2.87. The van der Waals surface area contributed by atoms with Gasteiger partial charge in [0.25, 0.3) is 0 Å². The van der Waals surface area contributed by atoms with Crippen molar-refractivity contribution in [2.45, 2.75) is 52.0 Å². The second kappa shape index (κ2) is 7.80. The summed E-state index contributed by atoms with van der Waals surface area (Å²) in [7, 11) is 0. The zero-order valence-corrected chi connectivity index (χ0v) is 13.2. The lowest BCUT2D eigenvalue weighted by molar-refractivity contribution is 0.0536. The summed E-state index contributed by atoms with van der Waals surface area (Å²) in [5.74, 6) is 1.31. The molecule has 1 atom stereocenters. The number of hydrogen-bond acceptors (Lipinski definition) is 2. The molecule has 2 heteroatoms. The monoisotopic (exact) mass is 275 g/mol. The summed E-state index contributed by atoms with van der Waals surface area (Å²) >= 11 is 0. The lowest BCUT2D eigenvalue weighted by Gasteiger charge is -2.31. The Morgan fingerprint density at radius 3 is 2.25 bits per heavy atom. The first-order valence-corrected chi connectivity index (χ1v) is 8.13. The second-order valence-electron chi connectivity index (χ2n) is 6.20. The Morgan fingerprint density at radius 2 is 1.70 bits per heavy atom. The number of rotatable bonds is 6. The third-order valence-corrected chi connectivity index (χ3v) is 4.31. The molecule has 1 aliphatic heterocycles. The fraction of sp³-hybridized carbons (Fsp3) is 0.667. The molecular formula is C18H29NO. The minimum Gasteiger partial charge on any atom is -0.381 e. The van der Waals surface area contributed by atoms with E-state index in [9.17, 15) is 0 Å². The SMILES string of the molecule is CCCNC(c1ccc(C(C)C)cc1)C1CCOCC1. The molecule has 1 aromatic carbocycles. The fourth-order valence-electron chi connectivity index (χ4n) is 2.99. The molecule has 1 aromatic rings. The third-order valence-electron chi connectivity index (χ3n) is 4.31. The first-order valence-electron chi connectivity index (χ1n) is 8.13. The highest BCUT2D eigenvalue weighted by Gasteiger charge is 2.24. The van der Waals surface area contributed by atoms with Crippen LogP contribution in [0.3, 0.4) is 0 Å². The molecule has 1 saturated heterocycles. The van der Waals surface area contributed by atoms with Crippen LogP contribution in [-0.2, 0) is 4.74 Å². The molecule has 1 unspecified atom stereocenters. The summed E-state index contributed by atoms with van der Waals surface area (Å²) < 4.78 is 5.51. The van der Waals surface area contributed by atoms with E-state index in [-0.39, 0.29) is 0 Å². The summed E-state index contributed by atoms with van der Waals surface area (Å²) in [6.45, 7) is 9.66. The molecule has 20 heavy (non-hydrogen) atoms. The maximum atomic E-state index is 5.51. The summed E-state index contributed by atoms with van der Waals surface area (Å²) in [6.07, 6.45) is 3.53. The van der Waals surface area contributed by atoms with Gasteiger partial charge in [0, 0.05) is 19.3 Å². The van der Waals surface area contributed by atoms with Crippen molar-refractivity contribution in [2.24, 2.45) is 5.92 Å². The largest absolute Gasteiger partial charge is 0.381 e. The molecule has 0 radical (unpaired) electrons. The van der Waals surface area contributed by atoms with E-state index in [1.807, 2.05) is 0 Å². The Kier molecular flexibility index (Phi) is 6.06. The van der Waals surface area contributed by atoms with Gasteiger partial charge >= 0.3 is 0 Å². The number of nitrogens with one attached hydrogen (secondary N) is 1. The molecule has 0 saturated carbocycles. The maximum absolute atomic E-state index is 5.51. The highest BCUT2D eigenvalue weighted by atomic mass is 16.5. The van der Waals surface area contributed by atoms with Gasteiger partial charge < -0.3 is 10.1 Å². The lowest BCUT2D eigenvalue weighted by Crippen LogP contribution is -2.32. The van der Waals surface area contributed by atoms with E-state index in [1.54, 1.807) is 0 Å². The molecule has 0 aliphatic carbocycles. The Morgan fingerprint density at radius 1 is 1.10 bits per heavy atom. The molecule has 1 aliphatic rings. The molecule has 0 bridgehead atoms. The lowest BCUT2D eigenvalue weighted by atomic mass is 9.86. The summed E-state index contributed by atoms with van der Waals surface area (Å²) in [4.78, 5) is 0. The van der Waals surface area contributed by atoms with Crippen LogP contribution in [0, 0.1) is 5.92 Å². The van der Waals surface area contributed by atoms with Crippen LogP contribution in [0.4, 0.5) is 0 Å². The highest BCUT2D eigenvalue weighted by molar-refractivity contribution is 5.27. The van der Waals surface area contributed by atoms with E-state index in [4.69, 9.17) is 4.74 Å². The topological polar surface area (TPSA) is 21.3 Å². The summed E-state index contributed by atoms with van der Waals surface area (Å²) in [5, 5.41) is 3.75. The van der Waals surface area contributed by atoms with Crippen molar-refractivity contribution in [3.63, 3.8) is 0 Å². The van der Waals surface area contributed by atoms with Gasteiger partial charge in [-0.1, -0.05) is 45.0 Å². The smallest absolute Gasteiger partial charge is 0.0469 e. The van der Waals surface area contributed by atoms with Crippen molar-refractivity contribution < 1.29 is 4.74 Å². The van der Waals surface area contributed by atoms with Gasteiger partial charge in [-0.25, -0.2) is 0 Å². The van der Waals surface area contributed by atoms with Crippen molar-refractivity contribution in [3.8, 4) is 0 Å². The minimum atomic E-state index is 0.486. The molecule has 1 heterocycles. The number of benzene rings is 1. The molecule has 0 aromatic heterocycles. The van der Waals surface area contributed by atoms with Gasteiger partial charge in [-0.2, -0.15) is 0 Å². The molecular weight excluding hydrogens is 246 g/mol. The summed E-state index contributed by atoms with van der Waals surface area (Å²) in [6, 6.07) is 9.70. The van der Waals surface area contributed by atoms with Crippen molar-refractivity contribution in [2.75, 3.05) is 19.8 Å². The van der Waals surface area contributed by atoms with E-state index in [0.717, 1.165) is 19.8 Å². The van der Waals surface area contributed by atoms with Crippen LogP contribution in [-0.4, -0.2) is 19.8 Å². The molecule has 0 spiro atoms. The van der Waals surface area contributed by atoms with Crippen LogP contribution in [0.5, 0.6) is 0 Å². The van der Waals surface area contributed by atoms with E-state index in [2.05, 4.69) is 50.4 Å². The van der Waals surface area contributed by atoms with E-state index < -0.39 is 0 Å². The highest BCUT2D eigenvalue weighted by Crippen LogP contribution is 2.30. The normalized spacial score (nSPS) is 18.4. The zero-order chi connectivity index (χ0) is 14.4. The average molecular weight is 275 g/mol. The third kappa shape index (κ3) is 4.07. The quantitative estimate of drug-likeness (QED) is 0.837. The van der Waals surface area contributed by atoms with Crippen LogP contribution in [0.2, 0.25) is 0 Å². The molecule has 2 nitrogen and oxygen atoms in total. The van der Waals surface area contributed by atoms with Crippen LogP contribution >= 0.6 is 0 Å². The minimum absolute atomic E-state index is 0.486. The van der Waals surface area contributed by atoms with Crippen LogP contribution in [0.1, 0.15) is 63.1 Å². The standard InChI is InChI=1S/C18H29NO/c1-4-11-19-18(17-9-12-20-13-10-17)16-7-5-15(6-8-16)14(2)3/h5-8,14,17-19H,4,9-13H2,1-3H3. The van der Waals surface area contributed by atoms with E-state index in [1.165, 1.54) is 30.4 Å². The van der Waals surface area contributed by atoms with Crippen molar-refractivity contribution in [1.29, 1.82) is 0 Å². The fourth-order valence-corrected chi connectivity index (χ4v) is 2.99. The first kappa shape index (κ1) is 15.5. The molecule has 1 N–H and O–H groups in total. The Hall–Kier alpha value is -0.860. The average Bonchev–Trinajstić information content (AvgIpc) is 2.49. The Labute approximate surface area is 123 Å². The number of ether oxygens (including phenoxy) is 1. The number of hydrogen-bond donors (Lipinski definition) is 1. The molecule has 112 valence electrons. The second-order valence-corrected chi connectivity index (χ2v) is 6.20. The Balaban J connectivity index is 2.11. The first-order chi connectivity index (χ1) is 9.72. The van der Waals surface area contributed by atoms with Gasteiger partial charge in [0.15, 0.2) is 0 Å². The van der Waals surface area contributed by atoms with Gasteiger partial charge in [0.05, 0.1) is 0 Å². The van der Waals surface area contributed by atoms with Crippen LogP contribution in [0.25, 0.3) is 0 Å². The van der Waals surface area contributed by atoms with Crippen LogP contribution in [0.15, 0.2) is 24.3 Å². The van der Waals surface area contributed by atoms with Crippen molar-refractivity contribution in [1.82, 2.24) is 5.32 Å². The van der Waals surface area contributed by atoms with Crippen molar-refractivity contribution in [3.05, 3.63) is 35.4 Å². The van der Waals surface area contributed by atoms with Gasteiger partial charge in [0.2, 0.25) is 0 Å². The Bertz CT molecular complexity index is 379. The molecule has 1 fully saturated rings. The van der Waals surface area contributed by atoms with Crippen LogP contribution < -0.4 is 5.32 Å². The molecule has 2 rings (SSSR count). The van der Waals surface area contributed by atoms with Gasteiger partial charge in [-0.05, 0) is 48.8 Å². The van der Waals surface area contributed by atoms with Crippen molar-refractivity contribution >= 4 is 0 Å². The van der Waals surface area contributed by atoms with Gasteiger partial charge in [0.1, 0.15) is 0 Å². The predicted molar refractivity (Wildman–Crippen MR) is 85.1 cm³/mol. The maximum Gasteiger partial charge on any atom is 0.0469 e. The predicted octanol–water partition coefficient (Wildman–Crippen LogP) is 4.28. The zero-order valence-electron chi connectivity index (χ0n) is 13.2. The van der Waals surface area contributed by atoms with Gasteiger partial charge in [-0.3, -0.25) is 0 Å².